The van der Waals surface area contributed by atoms with Crippen molar-refractivity contribution in [1.82, 2.24) is 14.9 Å². The maximum Gasteiger partial charge on any atom is 0.130 e. The zero-order chi connectivity index (χ0) is 17.1. The van der Waals surface area contributed by atoms with Crippen LogP contribution < -0.4 is 4.90 Å². The number of anilines is 1. The number of hydrogen-bond acceptors (Lipinski definition) is 4. The van der Waals surface area contributed by atoms with Gasteiger partial charge in [0.2, 0.25) is 0 Å². The summed E-state index contributed by atoms with van der Waals surface area (Å²) in [6.45, 7) is 13.6. The number of hydrogen-bond donors (Lipinski definition) is 0. The molecule has 3 rings (SSSR count). The van der Waals surface area contributed by atoms with Gasteiger partial charge in [0.15, 0.2) is 0 Å². The Balaban J connectivity index is 1.49. The van der Waals surface area contributed by atoms with Crippen molar-refractivity contribution in [2.45, 2.75) is 65.3 Å². The molecule has 2 fully saturated rings. The average Bonchev–Trinajstić information content (AvgIpc) is 2.62. The summed E-state index contributed by atoms with van der Waals surface area (Å²) in [5, 5.41) is 0. The summed E-state index contributed by atoms with van der Waals surface area (Å²) in [5.74, 6) is 3.16. The van der Waals surface area contributed by atoms with E-state index >= 15 is 0 Å². The summed E-state index contributed by atoms with van der Waals surface area (Å²) < 4.78 is 0. The fourth-order valence-corrected chi connectivity index (χ4v) is 4.27. The van der Waals surface area contributed by atoms with Crippen LogP contribution in [0.1, 0.15) is 65.1 Å². The molecule has 2 aliphatic rings. The molecule has 4 heteroatoms. The lowest BCUT2D eigenvalue weighted by Gasteiger charge is -2.43. The zero-order valence-electron chi connectivity index (χ0n) is 15.9. The summed E-state index contributed by atoms with van der Waals surface area (Å²) >= 11 is 0. The molecule has 134 valence electrons. The summed E-state index contributed by atoms with van der Waals surface area (Å²) in [7, 11) is 0. The predicted molar refractivity (Wildman–Crippen MR) is 100 cm³/mol. The highest BCUT2D eigenvalue weighted by molar-refractivity contribution is 5.42. The van der Waals surface area contributed by atoms with E-state index in [4.69, 9.17) is 0 Å². The minimum atomic E-state index is 0.400. The van der Waals surface area contributed by atoms with Crippen molar-refractivity contribution in [2.24, 2.45) is 11.8 Å². The van der Waals surface area contributed by atoms with E-state index in [-0.39, 0.29) is 0 Å². The first-order chi connectivity index (χ1) is 11.5. The van der Waals surface area contributed by atoms with Crippen LogP contribution in [0.3, 0.4) is 0 Å². The largest absolute Gasteiger partial charge is 0.366 e. The van der Waals surface area contributed by atoms with Gasteiger partial charge >= 0.3 is 0 Å². The number of nitrogens with zero attached hydrogens (tertiary/aromatic N) is 4. The van der Waals surface area contributed by atoms with Gasteiger partial charge in [0.25, 0.3) is 0 Å². The Morgan fingerprint density at radius 1 is 0.875 bits per heavy atom. The molecule has 1 saturated carbocycles. The minimum Gasteiger partial charge on any atom is -0.366 e. The van der Waals surface area contributed by atoms with Crippen LogP contribution in [0.25, 0.3) is 0 Å². The second-order valence-electron chi connectivity index (χ2n) is 8.29. The second-order valence-corrected chi connectivity index (χ2v) is 8.29. The molecule has 0 amide bonds. The van der Waals surface area contributed by atoms with E-state index in [9.17, 15) is 0 Å². The minimum absolute atomic E-state index is 0.400. The maximum atomic E-state index is 4.52. The van der Waals surface area contributed by atoms with E-state index in [0.717, 1.165) is 36.8 Å². The smallest absolute Gasteiger partial charge is 0.130 e. The van der Waals surface area contributed by atoms with Crippen molar-refractivity contribution in [2.75, 3.05) is 31.1 Å². The van der Waals surface area contributed by atoms with E-state index in [1.165, 1.54) is 44.5 Å². The molecule has 24 heavy (non-hydrogen) atoms. The highest BCUT2D eigenvalue weighted by atomic mass is 15.3. The molecule has 1 aromatic heterocycles. The first-order valence-electron chi connectivity index (χ1n) is 9.85. The van der Waals surface area contributed by atoms with Gasteiger partial charge in [-0.2, -0.15) is 0 Å². The Kier molecular flexibility index (Phi) is 5.75. The van der Waals surface area contributed by atoms with E-state index in [0.29, 0.717) is 5.92 Å². The lowest BCUT2D eigenvalue weighted by molar-refractivity contribution is 0.117. The van der Waals surface area contributed by atoms with Crippen LogP contribution in [0.2, 0.25) is 0 Å². The van der Waals surface area contributed by atoms with E-state index < -0.39 is 0 Å². The first kappa shape index (κ1) is 17.7. The van der Waals surface area contributed by atoms with Gasteiger partial charge in [-0.25, -0.2) is 9.97 Å². The van der Waals surface area contributed by atoms with E-state index in [2.05, 4.69) is 47.5 Å². The number of aromatic nitrogens is 2. The van der Waals surface area contributed by atoms with Gasteiger partial charge in [0, 0.05) is 38.1 Å². The van der Waals surface area contributed by atoms with Crippen LogP contribution in [0, 0.1) is 11.8 Å². The zero-order valence-corrected chi connectivity index (χ0v) is 15.9. The molecular formula is C20H34N4. The van der Waals surface area contributed by atoms with Crippen LogP contribution >= 0.6 is 0 Å². The van der Waals surface area contributed by atoms with Crippen molar-refractivity contribution in [1.29, 1.82) is 0 Å². The third-order valence-corrected chi connectivity index (χ3v) is 6.05. The third-order valence-electron chi connectivity index (χ3n) is 6.05. The molecule has 1 aliphatic carbocycles. The topological polar surface area (TPSA) is 32.3 Å². The van der Waals surface area contributed by atoms with Crippen molar-refractivity contribution in [3.8, 4) is 0 Å². The number of rotatable bonds is 4. The van der Waals surface area contributed by atoms with Gasteiger partial charge in [-0.15, -0.1) is 0 Å². The molecule has 0 unspecified atom stereocenters. The molecule has 2 heterocycles. The van der Waals surface area contributed by atoms with Crippen molar-refractivity contribution < 1.29 is 0 Å². The Bertz CT molecular complexity index is 495. The van der Waals surface area contributed by atoms with Crippen LogP contribution in [0.5, 0.6) is 0 Å². The summed E-state index contributed by atoms with van der Waals surface area (Å²) in [4.78, 5) is 14.2. The van der Waals surface area contributed by atoms with Gasteiger partial charge in [-0.05, 0) is 37.5 Å². The van der Waals surface area contributed by atoms with Crippen LogP contribution in [0.4, 0.5) is 5.69 Å². The average molecular weight is 331 g/mol. The molecule has 0 radical (unpaired) electrons. The summed E-state index contributed by atoms with van der Waals surface area (Å²) in [6, 6.07) is 0.821. The Hall–Kier alpha value is -1.16. The molecule has 1 saturated heterocycles. The normalized spacial score (nSPS) is 26.3. The molecule has 0 atom stereocenters. The number of piperazine rings is 1. The molecule has 0 spiro atoms. The molecule has 0 N–H and O–H groups in total. The Morgan fingerprint density at radius 2 is 1.46 bits per heavy atom. The molecule has 1 aromatic rings. The third kappa shape index (κ3) is 4.08. The van der Waals surface area contributed by atoms with Crippen molar-refractivity contribution in [3.63, 3.8) is 0 Å². The van der Waals surface area contributed by atoms with Crippen LogP contribution in [-0.2, 0) is 0 Å². The quantitative estimate of drug-likeness (QED) is 0.837. The van der Waals surface area contributed by atoms with E-state index in [1.54, 1.807) is 0 Å². The summed E-state index contributed by atoms with van der Waals surface area (Å²) in [5.41, 5.74) is 1.18. The highest BCUT2D eigenvalue weighted by Crippen LogP contribution is 2.32. The summed E-state index contributed by atoms with van der Waals surface area (Å²) in [6.07, 6.45) is 9.65. The van der Waals surface area contributed by atoms with Gasteiger partial charge in [0.1, 0.15) is 5.82 Å². The lowest BCUT2D eigenvalue weighted by atomic mass is 9.79. The molecular weight excluding hydrogens is 296 g/mol. The fourth-order valence-electron chi connectivity index (χ4n) is 4.27. The molecule has 1 aliphatic heterocycles. The van der Waals surface area contributed by atoms with Gasteiger partial charge < -0.3 is 4.90 Å². The predicted octanol–water partition coefficient (Wildman–Crippen LogP) is 3.94. The van der Waals surface area contributed by atoms with Crippen LogP contribution in [0.15, 0.2) is 12.4 Å². The second kappa shape index (κ2) is 7.81. The SMILES string of the molecule is CC(C)c1ncc(N2CCN([C@H]3CC[C@@H](C(C)C)CC3)CC2)cn1. The van der Waals surface area contributed by atoms with E-state index in [1.807, 2.05) is 12.4 Å². The fraction of sp³-hybridized carbons (Fsp3) is 0.800. The molecule has 0 bridgehead atoms. The standard InChI is InChI=1S/C20H34N4/c1-15(2)17-5-7-18(8-6-17)23-9-11-24(12-10-23)19-13-21-20(16(3)4)22-14-19/h13-18H,5-12H2,1-4H3/t17-,18+. The first-order valence-corrected chi connectivity index (χ1v) is 9.85. The molecule has 0 aromatic carbocycles. The van der Waals surface area contributed by atoms with Gasteiger partial charge in [-0.3, -0.25) is 4.90 Å². The van der Waals surface area contributed by atoms with Crippen LogP contribution in [-0.4, -0.2) is 47.1 Å². The highest BCUT2D eigenvalue weighted by Gasteiger charge is 2.29. The Labute approximate surface area is 147 Å². The monoisotopic (exact) mass is 330 g/mol. The van der Waals surface area contributed by atoms with Crippen molar-refractivity contribution in [3.05, 3.63) is 18.2 Å². The van der Waals surface area contributed by atoms with Gasteiger partial charge in [-0.1, -0.05) is 27.7 Å². The molecule has 4 nitrogen and oxygen atoms in total. The van der Waals surface area contributed by atoms with Gasteiger partial charge in [0.05, 0.1) is 18.1 Å². The van der Waals surface area contributed by atoms with Crippen molar-refractivity contribution >= 4 is 5.69 Å². The Morgan fingerprint density at radius 3 is 1.96 bits per heavy atom. The lowest BCUT2D eigenvalue weighted by Crippen LogP contribution is -2.51. The maximum absolute atomic E-state index is 4.52.